The van der Waals surface area contributed by atoms with Crippen molar-refractivity contribution in [1.82, 2.24) is 5.32 Å². The lowest BCUT2D eigenvalue weighted by atomic mass is 10.9. The fourth-order valence-corrected chi connectivity index (χ4v) is 0.287. The largest absolute Gasteiger partial charge is 0.450 e. The molecule has 0 aliphatic carbocycles. The number of amides is 1. The van der Waals surface area contributed by atoms with Crippen molar-refractivity contribution in [2.45, 2.75) is 6.92 Å². The summed E-state index contributed by atoms with van der Waals surface area (Å²) in [5.74, 6) is -0.625. The van der Waals surface area contributed by atoms with Crippen LogP contribution < -0.4 is 22.5 Å². The molecule has 13 heavy (non-hydrogen) atoms. The molecule has 8 nitrogen and oxygen atoms in total. The molecule has 76 valence electrons. The van der Waals surface area contributed by atoms with E-state index < -0.39 is 6.09 Å². The minimum atomic E-state index is -0.711. The second kappa shape index (κ2) is 8.11. The summed E-state index contributed by atoms with van der Waals surface area (Å²) in [6.45, 7) is 2.06. The molecule has 0 heterocycles. The lowest BCUT2D eigenvalue weighted by molar-refractivity contribution is 0.163. The van der Waals surface area contributed by atoms with E-state index in [0.29, 0.717) is 6.61 Å². The highest BCUT2D eigenvalue weighted by Crippen LogP contribution is 1.66. The van der Waals surface area contributed by atoms with Crippen LogP contribution in [-0.4, -0.2) is 24.6 Å². The van der Waals surface area contributed by atoms with Crippen LogP contribution in [-0.2, 0) is 4.74 Å². The van der Waals surface area contributed by atoms with E-state index >= 15 is 0 Å². The smallest absolute Gasteiger partial charge is 0.404 e. The van der Waals surface area contributed by atoms with Crippen LogP contribution in [0.5, 0.6) is 0 Å². The Labute approximate surface area is 75.4 Å². The van der Waals surface area contributed by atoms with Crippen LogP contribution in [0.1, 0.15) is 6.92 Å². The molecule has 0 aromatic rings. The van der Waals surface area contributed by atoms with E-state index in [4.69, 9.17) is 22.3 Å². The van der Waals surface area contributed by atoms with E-state index in [9.17, 15) is 4.79 Å². The van der Waals surface area contributed by atoms with Crippen molar-refractivity contribution >= 4 is 18.0 Å². The van der Waals surface area contributed by atoms with Crippen molar-refractivity contribution < 1.29 is 9.53 Å². The first-order valence-electron chi connectivity index (χ1n) is 3.27. The molecule has 0 spiro atoms. The predicted molar refractivity (Wildman–Crippen MR) is 48.2 cm³/mol. The highest BCUT2D eigenvalue weighted by molar-refractivity contribution is 5.93. The van der Waals surface area contributed by atoms with Crippen LogP contribution in [0.3, 0.4) is 0 Å². The van der Waals surface area contributed by atoms with Crippen LogP contribution >= 0.6 is 0 Å². The Balaban J connectivity index is 0. The molecule has 0 saturated heterocycles. The second-order valence-corrected chi connectivity index (χ2v) is 1.70. The van der Waals surface area contributed by atoms with Crippen molar-refractivity contribution in [3.8, 4) is 0 Å². The van der Waals surface area contributed by atoms with Gasteiger partial charge in [0.25, 0.3) is 0 Å². The molecule has 1 amide bonds. The van der Waals surface area contributed by atoms with E-state index in [0.717, 1.165) is 0 Å². The van der Waals surface area contributed by atoms with Gasteiger partial charge < -0.3 is 21.9 Å². The number of ether oxygens (including phenoxy) is 1. The molecule has 0 aromatic carbocycles. The van der Waals surface area contributed by atoms with Crippen LogP contribution in [0.2, 0.25) is 0 Å². The van der Waals surface area contributed by atoms with E-state index in [1.165, 1.54) is 0 Å². The molecule has 0 unspecified atom stereocenters. The topological polar surface area (TPSA) is 164 Å². The van der Waals surface area contributed by atoms with E-state index in [1.807, 2.05) is 5.32 Å². The lowest BCUT2D eigenvalue weighted by Gasteiger charge is -1.95. The molecule has 0 aliphatic rings. The molecule has 8 heteroatoms. The van der Waals surface area contributed by atoms with E-state index in [2.05, 4.69) is 10.5 Å². The predicted octanol–water partition coefficient (Wildman–Crippen LogP) is -1.54. The molecule has 0 radical (unpaired) electrons. The van der Waals surface area contributed by atoms with Gasteiger partial charge in [-0.15, -0.1) is 0 Å². The first kappa shape index (κ1) is 13.6. The Morgan fingerprint density at radius 1 is 1.31 bits per heavy atom. The van der Waals surface area contributed by atoms with Gasteiger partial charge in [-0.05, 0) is 6.92 Å². The number of rotatable bonds is 1. The molecule has 0 aromatic heterocycles. The first-order valence-corrected chi connectivity index (χ1v) is 3.27. The monoisotopic (exact) mass is 190 g/mol. The average Bonchev–Trinajstić information content (AvgIpc) is 1.83. The van der Waals surface area contributed by atoms with Gasteiger partial charge in [0.2, 0.25) is 0 Å². The van der Waals surface area contributed by atoms with Crippen molar-refractivity contribution in [3.63, 3.8) is 0 Å². The normalized spacial score (nSPS) is 7.46. The maximum atomic E-state index is 9.60. The molecule has 0 aliphatic heterocycles. The number of hydrogen-bond acceptors (Lipinski definition) is 4. The number of hydrogen-bond donors (Lipinski definition) is 6. The van der Waals surface area contributed by atoms with Crippen molar-refractivity contribution in [2.75, 3.05) is 6.61 Å². The summed E-state index contributed by atoms with van der Waals surface area (Å²) in [4.78, 5) is 9.60. The summed E-state index contributed by atoms with van der Waals surface area (Å²) in [6, 6.07) is 0. The van der Waals surface area contributed by atoms with Gasteiger partial charge in [0.05, 0.1) is 6.61 Å². The highest BCUT2D eigenvalue weighted by Gasteiger charge is 1.83. The highest BCUT2D eigenvalue weighted by atomic mass is 16.5. The summed E-state index contributed by atoms with van der Waals surface area (Å²) in [6.07, 6.45) is -0.711. The molecular formula is C5H14N6O2. The Morgan fingerprint density at radius 2 is 1.69 bits per heavy atom. The molecule has 0 atom stereocenters. The number of carbonyl (C=O) groups is 1. The zero-order chi connectivity index (χ0) is 10.9. The SMILES string of the molecule is CCOC(N)=O.N=C(N)NC(=N)N. The van der Waals surface area contributed by atoms with Crippen LogP contribution in [0.4, 0.5) is 4.79 Å². The zero-order valence-electron chi connectivity index (χ0n) is 7.26. The molecule has 0 fully saturated rings. The van der Waals surface area contributed by atoms with Crippen LogP contribution in [0.25, 0.3) is 0 Å². The number of nitrogens with two attached hydrogens (primary N) is 3. The summed E-state index contributed by atoms with van der Waals surface area (Å²) < 4.78 is 4.18. The Morgan fingerprint density at radius 3 is 1.69 bits per heavy atom. The van der Waals surface area contributed by atoms with E-state index in [-0.39, 0.29) is 11.9 Å². The zero-order valence-corrected chi connectivity index (χ0v) is 7.26. The quantitative estimate of drug-likeness (QED) is 0.217. The number of nitrogens with one attached hydrogen (secondary N) is 3. The fraction of sp³-hybridized carbons (Fsp3) is 0.400. The molecule has 0 saturated carbocycles. The number of primary amides is 1. The van der Waals surface area contributed by atoms with Gasteiger partial charge in [-0.25, -0.2) is 4.79 Å². The summed E-state index contributed by atoms with van der Waals surface area (Å²) in [7, 11) is 0. The lowest BCUT2D eigenvalue weighted by Crippen LogP contribution is -2.39. The third-order valence-electron chi connectivity index (χ3n) is 0.556. The standard InChI is InChI=1S/C3H7NO2.C2H7N5/c1-2-6-3(4)5;3-1(4)7-2(5)6/h2H2,1H3,(H2,4,5);(H7,3,4,5,6,7). The molecular weight excluding hydrogens is 176 g/mol. The van der Waals surface area contributed by atoms with Crippen molar-refractivity contribution in [2.24, 2.45) is 17.2 Å². The van der Waals surface area contributed by atoms with Crippen LogP contribution in [0.15, 0.2) is 0 Å². The molecule has 0 rings (SSSR count). The Kier molecular flexibility index (Phi) is 8.48. The minimum absolute atomic E-state index is 0.312. The summed E-state index contributed by atoms with van der Waals surface area (Å²) in [5, 5.41) is 15.0. The fourth-order valence-electron chi connectivity index (χ4n) is 0.287. The number of guanidine groups is 2. The number of carbonyl (C=O) groups excluding carboxylic acids is 1. The minimum Gasteiger partial charge on any atom is -0.450 e. The van der Waals surface area contributed by atoms with Gasteiger partial charge in [0, 0.05) is 0 Å². The van der Waals surface area contributed by atoms with Gasteiger partial charge >= 0.3 is 6.09 Å². The third kappa shape index (κ3) is 25.6. The Bertz CT molecular complexity index is 179. The van der Waals surface area contributed by atoms with Gasteiger partial charge in [0.15, 0.2) is 11.9 Å². The van der Waals surface area contributed by atoms with Crippen LogP contribution in [0, 0.1) is 10.8 Å². The molecule has 9 N–H and O–H groups in total. The van der Waals surface area contributed by atoms with Gasteiger partial charge in [-0.2, -0.15) is 0 Å². The van der Waals surface area contributed by atoms with E-state index in [1.54, 1.807) is 6.92 Å². The summed E-state index contributed by atoms with van der Waals surface area (Å²) in [5.41, 5.74) is 14.0. The van der Waals surface area contributed by atoms with Gasteiger partial charge in [-0.1, -0.05) is 0 Å². The maximum Gasteiger partial charge on any atom is 0.404 e. The average molecular weight is 190 g/mol. The first-order chi connectivity index (χ1) is 5.90. The Hall–Kier alpha value is -1.99. The van der Waals surface area contributed by atoms with Gasteiger partial charge in [-0.3, -0.25) is 16.1 Å². The third-order valence-corrected chi connectivity index (χ3v) is 0.556. The maximum absolute atomic E-state index is 9.60. The second-order valence-electron chi connectivity index (χ2n) is 1.70. The summed E-state index contributed by atoms with van der Waals surface area (Å²) >= 11 is 0. The van der Waals surface area contributed by atoms with Crippen molar-refractivity contribution in [3.05, 3.63) is 0 Å². The van der Waals surface area contributed by atoms with Crippen molar-refractivity contribution in [1.29, 1.82) is 10.8 Å². The molecule has 0 bridgehead atoms. The van der Waals surface area contributed by atoms with Gasteiger partial charge in [0.1, 0.15) is 0 Å².